The number of thiazole rings is 1. The summed E-state index contributed by atoms with van der Waals surface area (Å²) in [5.74, 6) is 0. The van der Waals surface area contributed by atoms with Crippen LogP contribution in [-0.4, -0.2) is 4.98 Å². The minimum absolute atomic E-state index is 0.112. The molecule has 1 heterocycles. The first-order chi connectivity index (χ1) is 12.5. The van der Waals surface area contributed by atoms with Crippen LogP contribution in [0, 0.1) is 0 Å². The van der Waals surface area contributed by atoms with Gasteiger partial charge < -0.3 is 5.32 Å². The summed E-state index contributed by atoms with van der Waals surface area (Å²) >= 11 is 1.00. The summed E-state index contributed by atoms with van der Waals surface area (Å²) in [6.07, 6.45) is -4.51. The van der Waals surface area contributed by atoms with Crippen molar-refractivity contribution in [2.45, 2.75) is 6.18 Å². The number of fused-ring (bicyclic) bond motifs is 1. The highest BCUT2D eigenvalue weighted by atomic mass is 32.1. The molecule has 0 fully saturated rings. The van der Waals surface area contributed by atoms with Crippen LogP contribution in [0.1, 0.15) is 5.69 Å². The molecule has 3 aromatic carbocycles. The van der Waals surface area contributed by atoms with Gasteiger partial charge in [0.05, 0.1) is 4.88 Å². The number of anilines is 2. The van der Waals surface area contributed by atoms with Crippen LogP contribution in [0.3, 0.4) is 0 Å². The third-order valence-electron chi connectivity index (χ3n) is 3.96. The molecule has 2 nitrogen and oxygen atoms in total. The zero-order chi connectivity index (χ0) is 18.1. The number of aromatic nitrogens is 1. The molecule has 6 heteroatoms. The van der Waals surface area contributed by atoms with Gasteiger partial charge in [-0.3, -0.25) is 0 Å². The summed E-state index contributed by atoms with van der Waals surface area (Å²) in [4.78, 5) is 3.95. The summed E-state index contributed by atoms with van der Waals surface area (Å²) in [7, 11) is 0. The lowest BCUT2D eigenvalue weighted by Crippen LogP contribution is -2.07. The minimum Gasteiger partial charge on any atom is -0.331 e. The van der Waals surface area contributed by atoms with E-state index in [-0.39, 0.29) is 10.0 Å². The zero-order valence-corrected chi connectivity index (χ0v) is 14.2. The van der Waals surface area contributed by atoms with Crippen LogP contribution in [-0.2, 0) is 6.18 Å². The fourth-order valence-corrected chi connectivity index (χ4v) is 3.80. The second-order valence-electron chi connectivity index (χ2n) is 5.71. The normalized spacial score (nSPS) is 11.7. The molecule has 0 radical (unpaired) electrons. The third-order valence-corrected chi connectivity index (χ3v) is 4.98. The lowest BCUT2D eigenvalue weighted by Gasteiger charge is -2.07. The molecule has 1 N–H and O–H groups in total. The van der Waals surface area contributed by atoms with Gasteiger partial charge in [-0.2, -0.15) is 13.2 Å². The zero-order valence-electron chi connectivity index (χ0n) is 13.4. The van der Waals surface area contributed by atoms with Crippen molar-refractivity contribution >= 4 is 32.9 Å². The summed E-state index contributed by atoms with van der Waals surface area (Å²) in [5.41, 5.74) is 0.366. The van der Waals surface area contributed by atoms with E-state index in [1.54, 1.807) is 30.3 Å². The molecule has 0 saturated heterocycles. The number of benzene rings is 3. The number of nitrogens with zero attached hydrogens (tertiary/aromatic N) is 1. The molecule has 0 aliphatic rings. The van der Waals surface area contributed by atoms with Crippen LogP contribution in [0.2, 0.25) is 0 Å². The first-order valence-electron chi connectivity index (χ1n) is 7.90. The van der Waals surface area contributed by atoms with Crippen molar-refractivity contribution in [2.75, 3.05) is 5.32 Å². The highest BCUT2D eigenvalue weighted by molar-refractivity contribution is 7.19. The molecule has 4 aromatic rings. The van der Waals surface area contributed by atoms with E-state index in [0.29, 0.717) is 5.56 Å². The van der Waals surface area contributed by atoms with Gasteiger partial charge in [-0.25, -0.2) is 4.98 Å². The monoisotopic (exact) mass is 370 g/mol. The maximum Gasteiger partial charge on any atom is 0.434 e. The van der Waals surface area contributed by atoms with Gasteiger partial charge in [-0.05, 0) is 17.0 Å². The second-order valence-corrected chi connectivity index (χ2v) is 6.71. The van der Waals surface area contributed by atoms with Crippen LogP contribution in [0.25, 0.3) is 21.2 Å². The van der Waals surface area contributed by atoms with Gasteiger partial charge in [-0.1, -0.05) is 78.1 Å². The van der Waals surface area contributed by atoms with Crippen molar-refractivity contribution in [1.29, 1.82) is 0 Å². The minimum atomic E-state index is -4.51. The number of rotatable bonds is 3. The fourth-order valence-electron chi connectivity index (χ4n) is 2.80. The second kappa shape index (κ2) is 6.46. The molecule has 0 aliphatic heterocycles. The first-order valence-corrected chi connectivity index (χ1v) is 8.72. The molecular weight excluding hydrogens is 357 g/mol. The number of nitrogens with one attached hydrogen (secondary N) is 1. The van der Waals surface area contributed by atoms with E-state index >= 15 is 0 Å². The van der Waals surface area contributed by atoms with Crippen molar-refractivity contribution in [3.8, 4) is 10.4 Å². The van der Waals surface area contributed by atoms with Crippen molar-refractivity contribution in [3.05, 3.63) is 78.5 Å². The van der Waals surface area contributed by atoms with Crippen LogP contribution >= 0.6 is 11.3 Å². The summed E-state index contributed by atoms with van der Waals surface area (Å²) in [6.45, 7) is 0. The Morgan fingerprint density at radius 3 is 2.27 bits per heavy atom. The molecule has 26 heavy (non-hydrogen) atoms. The lowest BCUT2D eigenvalue weighted by atomic mass is 10.1. The Hall–Kier alpha value is -2.86. The first kappa shape index (κ1) is 16.6. The molecule has 1 aromatic heterocycles. The molecule has 0 spiro atoms. The molecule has 0 bridgehead atoms. The number of hydrogen-bond donors (Lipinski definition) is 1. The van der Waals surface area contributed by atoms with Crippen LogP contribution in [0.15, 0.2) is 72.8 Å². The summed E-state index contributed by atoms with van der Waals surface area (Å²) < 4.78 is 40.4. The molecule has 130 valence electrons. The average molecular weight is 370 g/mol. The molecule has 0 amide bonds. The van der Waals surface area contributed by atoms with Gasteiger partial charge in [0, 0.05) is 11.1 Å². The van der Waals surface area contributed by atoms with Gasteiger partial charge in [0.1, 0.15) is 0 Å². The Bertz CT molecular complexity index is 1050. The molecule has 4 rings (SSSR count). The van der Waals surface area contributed by atoms with E-state index < -0.39 is 11.9 Å². The molecule has 0 saturated carbocycles. The number of alkyl halides is 3. The Balaban J connectivity index is 1.79. The molecule has 0 unspecified atom stereocenters. The van der Waals surface area contributed by atoms with Gasteiger partial charge >= 0.3 is 6.18 Å². The predicted octanol–water partition coefficient (Wildman–Crippen LogP) is 6.73. The molecule has 0 atom stereocenters. The van der Waals surface area contributed by atoms with Crippen LogP contribution < -0.4 is 5.32 Å². The number of hydrogen-bond acceptors (Lipinski definition) is 3. The van der Waals surface area contributed by atoms with E-state index in [1.165, 1.54) is 0 Å². The fraction of sp³-hybridized carbons (Fsp3) is 0.0500. The standard InChI is InChI=1S/C20H13F3N2S/c21-20(22,23)18-17(14-8-2-1-3-9-14)26-19(25-18)24-16-12-6-10-13-7-4-5-11-15(13)16/h1-12H,(H,24,25). The van der Waals surface area contributed by atoms with Crippen molar-refractivity contribution < 1.29 is 13.2 Å². The Kier molecular flexibility index (Phi) is 4.12. The quantitative estimate of drug-likeness (QED) is 0.433. The lowest BCUT2D eigenvalue weighted by molar-refractivity contribution is -0.140. The smallest absolute Gasteiger partial charge is 0.331 e. The van der Waals surface area contributed by atoms with E-state index in [1.807, 2.05) is 42.5 Å². The summed E-state index contributed by atoms with van der Waals surface area (Å²) in [6, 6.07) is 21.9. The van der Waals surface area contributed by atoms with Crippen LogP contribution in [0.5, 0.6) is 0 Å². The largest absolute Gasteiger partial charge is 0.434 e. The topological polar surface area (TPSA) is 24.9 Å². The molecular formula is C20H13F3N2S. The highest BCUT2D eigenvalue weighted by Gasteiger charge is 2.38. The van der Waals surface area contributed by atoms with Gasteiger partial charge in [0.2, 0.25) is 0 Å². The van der Waals surface area contributed by atoms with Crippen molar-refractivity contribution in [1.82, 2.24) is 4.98 Å². The SMILES string of the molecule is FC(F)(F)c1nc(Nc2cccc3ccccc23)sc1-c1ccccc1. The summed E-state index contributed by atoms with van der Waals surface area (Å²) in [5, 5.41) is 5.21. The predicted molar refractivity (Wildman–Crippen MR) is 99.8 cm³/mol. The van der Waals surface area contributed by atoms with Crippen LogP contribution in [0.4, 0.5) is 24.0 Å². The van der Waals surface area contributed by atoms with E-state index in [9.17, 15) is 13.2 Å². The van der Waals surface area contributed by atoms with Crippen molar-refractivity contribution in [3.63, 3.8) is 0 Å². The van der Waals surface area contributed by atoms with E-state index in [2.05, 4.69) is 10.3 Å². The van der Waals surface area contributed by atoms with Gasteiger partial charge in [0.25, 0.3) is 0 Å². The Morgan fingerprint density at radius 1 is 0.808 bits per heavy atom. The molecule has 0 aliphatic carbocycles. The van der Waals surface area contributed by atoms with Gasteiger partial charge in [-0.15, -0.1) is 0 Å². The van der Waals surface area contributed by atoms with Gasteiger partial charge in [0.15, 0.2) is 10.8 Å². The Morgan fingerprint density at radius 2 is 1.50 bits per heavy atom. The van der Waals surface area contributed by atoms with E-state index in [0.717, 1.165) is 27.8 Å². The maximum absolute atomic E-state index is 13.5. The average Bonchev–Trinajstić information content (AvgIpc) is 3.07. The number of halogens is 3. The highest BCUT2D eigenvalue weighted by Crippen LogP contribution is 2.42. The van der Waals surface area contributed by atoms with E-state index in [4.69, 9.17) is 0 Å². The maximum atomic E-state index is 13.5. The van der Waals surface area contributed by atoms with Crippen molar-refractivity contribution in [2.24, 2.45) is 0 Å². The Labute approximate surface area is 151 Å². The third kappa shape index (κ3) is 3.15.